The van der Waals surface area contributed by atoms with Crippen molar-refractivity contribution < 1.29 is 4.79 Å². The third-order valence-electron chi connectivity index (χ3n) is 1.43. The summed E-state index contributed by atoms with van der Waals surface area (Å²) in [5.74, 6) is 0.913. The minimum Gasteiger partial charge on any atom is -0.299 e. The number of ketones is 1. The lowest BCUT2D eigenvalue weighted by Gasteiger charge is -2.01. The average molecular weight is 185 g/mol. The van der Waals surface area contributed by atoms with Gasteiger partial charge in [-0.25, -0.2) is 4.98 Å². The summed E-state index contributed by atoms with van der Waals surface area (Å²) in [5.41, 5.74) is 0. The highest BCUT2D eigenvalue weighted by Crippen LogP contribution is 2.18. The molecule has 1 heterocycles. The summed E-state index contributed by atoms with van der Waals surface area (Å²) in [7, 11) is 0. The number of hydrogen-bond donors (Lipinski definition) is 1. The minimum atomic E-state index is -0.0693. The molecule has 0 spiro atoms. The van der Waals surface area contributed by atoms with E-state index in [0.29, 0.717) is 5.16 Å². The monoisotopic (exact) mass is 185 g/mol. The first-order valence-electron chi connectivity index (χ1n) is 3.65. The number of thioether (sulfide) groups is 1. The number of Topliss-reactive ketones (excluding diaryl/α,β-unsaturated/α-hetero) is 1. The van der Waals surface area contributed by atoms with Gasteiger partial charge in [0.15, 0.2) is 0 Å². The molecule has 1 aromatic heterocycles. The van der Waals surface area contributed by atoms with Gasteiger partial charge in [0.2, 0.25) is 5.16 Å². The van der Waals surface area contributed by atoms with Crippen molar-refractivity contribution in [3.8, 4) is 0 Å². The highest BCUT2D eigenvalue weighted by molar-refractivity contribution is 8.00. The molecular weight excluding hydrogens is 174 g/mol. The van der Waals surface area contributed by atoms with E-state index < -0.39 is 0 Å². The average Bonchev–Trinajstić information content (AvgIpc) is 2.35. The third-order valence-corrected chi connectivity index (χ3v) is 2.51. The van der Waals surface area contributed by atoms with E-state index in [2.05, 4.69) is 15.2 Å². The summed E-state index contributed by atoms with van der Waals surface area (Å²) < 4.78 is 0. The van der Waals surface area contributed by atoms with Gasteiger partial charge in [0, 0.05) is 0 Å². The summed E-state index contributed by atoms with van der Waals surface area (Å²) in [6.07, 6.45) is 0. The van der Waals surface area contributed by atoms with Crippen molar-refractivity contribution in [1.29, 1.82) is 0 Å². The van der Waals surface area contributed by atoms with Gasteiger partial charge in [0.1, 0.15) is 11.6 Å². The maximum Gasteiger partial charge on any atom is 0.209 e. The predicted molar refractivity (Wildman–Crippen MR) is 47.1 cm³/mol. The van der Waals surface area contributed by atoms with E-state index in [4.69, 9.17) is 0 Å². The van der Waals surface area contributed by atoms with Gasteiger partial charge in [0.25, 0.3) is 0 Å². The smallest absolute Gasteiger partial charge is 0.209 e. The van der Waals surface area contributed by atoms with Crippen LogP contribution >= 0.6 is 11.8 Å². The second-order valence-corrected chi connectivity index (χ2v) is 3.88. The lowest BCUT2D eigenvalue weighted by atomic mass is 10.3. The van der Waals surface area contributed by atoms with Gasteiger partial charge in [-0.2, -0.15) is 0 Å². The number of nitrogens with zero attached hydrogens (tertiary/aromatic N) is 2. The summed E-state index contributed by atoms with van der Waals surface area (Å²) in [4.78, 5) is 14.9. The van der Waals surface area contributed by atoms with Crippen molar-refractivity contribution >= 4 is 17.5 Å². The zero-order valence-electron chi connectivity index (χ0n) is 7.29. The molecule has 0 radical (unpaired) electrons. The van der Waals surface area contributed by atoms with Crippen LogP contribution < -0.4 is 0 Å². The van der Waals surface area contributed by atoms with Crippen LogP contribution in [0, 0.1) is 6.92 Å². The molecule has 1 rings (SSSR count). The van der Waals surface area contributed by atoms with Gasteiger partial charge in [-0.1, -0.05) is 11.8 Å². The van der Waals surface area contributed by atoms with E-state index in [9.17, 15) is 4.79 Å². The number of hydrogen-bond acceptors (Lipinski definition) is 4. The molecule has 0 aliphatic rings. The van der Waals surface area contributed by atoms with E-state index in [0.717, 1.165) is 5.82 Å². The van der Waals surface area contributed by atoms with Crippen LogP contribution in [0.15, 0.2) is 5.16 Å². The van der Waals surface area contributed by atoms with E-state index in [1.807, 2.05) is 13.8 Å². The number of aromatic amines is 1. The van der Waals surface area contributed by atoms with Crippen molar-refractivity contribution in [1.82, 2.24) is 15.2 Å². The number of carbonyl (C=O) groups excluding carboxylic acids is 1. The number of H-pyrrole nitrogens is 1. The molecule has 5 heteroatoms. The summed E-state index contributed by atoms with van der Waals surface area (Å²) >= 11 is 1.37. The molecule has 0 fully saturated rings. The Morgan fingerprint density at radius 1 is 1.67 bits per heavy atom. The first kappa shape index (κ1) is 9.25. The Labute approximate surface area is 75.2 Å². The molecule has 1 atom stereocenters. The molecule has 0 aliphatic heterocycles. The van der Waals surface area contributed by atoms with Crippen molar-refractivity contribution in [2.75, 3.05) is 0 Å². The molecule has 0 aromatic carbocycles. The van der Waals surface area contributed by atoms with Crippen LogP contribution in [0.1, 0.15) is 19.7 Å². The molecule has 0 bridgehead atoms. The van der Waals surface area contributed by atoms with Gasteiger partial charge in [0.05, 0.1) is 5.25 Å². The molecule has 0 saturated heterocycles. The van der Waals surface area contributed by atoms with Crippen LogP contribution in [0.3, 0.4) is 0 Å². The zero-order valence-corrected chi connectivity index (χ0v) is 8.10. The third kappa shape index (κ3) is 2.34. The lowest BCUT2D eigenvalue weighted by Crippen LogP contribution is -2.08. The molecule has 1 unspecified atom stereocenters. The second-order valence-electron chi connectivity index (χ2n) is 2.57. The van der Waals surface area contributed by atoms with E-state index in [-0.39, 0.29) is 11.0 Å². The Hall–Kier alpha value is -0.840. The Kier molecular flexibility index (Phi) is 2.86. The van der Waals surface area contributed by atoms with E-state index in [1.54, 1.807) is 6.92 Å². The van der Waals surface area contributed by atoms with Gasteiger partial charge in [-0.3, -0.25) is 9.89 Å². The van der Waals surface area contributed by atoms with E-state index >= 15 is 0 Å². The van der Waals surface area contributed by atoms with Crippen LogP contribution in [0.4, 0.5) is 0 Å². The van der Waals surface area contributed by atoms with Crippen LogP contribution in [-0.4, -0.2) is 26.2 Å². The number of carbonyl (C=O) groups is 1. The number of rotatable bonds is 3. The fraction of sp³-hybridized carbons (Fsp3) is 0.571. The number of nitrogens with one attached hydrogen (secondary N) is 1. The maximum absolute atomic E-state index is 10.9. The summed E-state index contributed by atoms with van der Waals surface area (Å²) in [6, 6.07) is 0. The first-order valence-corrected chi connectivity index (χ1v) is 4.53. The maximum atomic E-state index is 10.9. The standard InChI is InChI=1S/C7H11N3OS/c1-4(11)5(2)12-7-8-6(3)9-10-7/h5H,1-3H3,(H,8,9,10). The van der Waals surface area contributed by atoms with Crippen LogP contribution in [0.25, 0.3) is 0 Å². The predicted octanol–water partition coefficient (Wildman–Crippen LogP) is 1.18. The zero-order chi connectivity index (χ0) is 9.14. The van der Waals surface area contributed by atoms with Crippen molar-refractivity contribution in [3.05, 3.63) is 5.82 Å². The Balaban J connectivity index is 2.58. The largest absolute Gasteiger partial charge is 0.299 e. The molecule has 0 saturated carbocycles. The lowest BCUT2D eigenvalue weighted by molar-refractivity contribution is -0.116. The molecule has 1 N–H and O–H groups in total. The molecule has 0 aliphatic carbocycles. The molecule has 66 valence electrons. The molecule has 12 heavy (non-hydrogen) atoms. The van der Waals surface area contributed by atoms with Crippen LogP contribution in [-0.2, 0) is 4.79 Å². The topological polar surface area (TPSA) is 58.6 Å². The van der Waals surface area contributed by atoms with Crippen molar-refractivity contribution in [2.24, 2.45) is 0 Å². The summed E-state index contributed by atoms with van der Waals surface area (Å²) in [5, 5.41) is 7.20. The van der Waals surface area contributed by atoms with Crippen molar-refractivity contribution in [2.45, 2.75) is 31.2 Å². The fourth-order valence-corrected chi connectivity index (χ4v) is 1.39. The quantitative estimate of drug-likeness (QED) is 0.718. The Morgan fingerprint density at radius 3 is 2.75 bits per heavy atom. The van der Waals surface area contributed by atoms with Gasteiger partial charge >= 0.3 is 0 Å². The molecule has 1 aromatic rings. The number of aryl methyl sites for hydroxylation is 1. The molecule has 4 nitrogen and oxygen atoms in total. The first-order chi connectivity index (χ1) is 5.59. The number of aromatic nitrogens is 3. The van der Waals surface area contributed by atoms with Crippen LogP contribution in [0.2, 0.25) is 0 Å². The van der Waals surface area contributed by atoms with Crippen molar-refractivity contribution in [3.63, 3.8) is 0 Å². The van der Waals surface area contributed by atoms with Gasteiger partial charge in [-0.15, -0.1) is 5.10 Å². The highest BCUT2D eigenvalue weighted by Gasteiger charge is 2.11. The van der Waals surface area contributed by atoms with E-state index in [1.165, 1.54) is 11.8 Å². The Bertz CT molecular complexity index is 284. The van der Waals surface area contributed by atoms with Gasteiger partial charge in [-0.05, 0) is 20.8 Å². The summed E-state index contributed by atoms with van der Waals surface area (Å²) in [6.45, 7) is 5.24. The molecule has 0 amide bonds. The second kappa shape index (κ2) is 3.71. The normalized spacial score (nSPS) is 12.9. The Morgan fingerprint density at radius 2 is 2.33 bits per heavy atom. The van der Waals surface area contributed by atoms with Gasteiger partial charge < -0.3 is 0 Å². The minimum absolute atomic E-state index is 0.0693. The fourth-order valence-electron chi connectivity index (χ4n) is 0.616. The van der Waals surface area contributed by atoms with Crippen LogP contribution in [0.5, 0.6) is 0 Å². The highest BCUT2D eigenvalue weighted by atomic mass is 32.2. The molecular formula is C7H11N3OS. The SMILES string of the molecule is CC(=O)C(C)Sc1n[nH]c(C)n1.